The summed E-state index contributed by atoms with van der Waals surface area (Å²) >= 11 is 0. The Balaban J connectivity index is 2.12. The smallest absolute Gasteiger partial charge is 0.305 e. The van der Waals surface area contributed by atoms with Crippen LogP contribution < -0.4 is 5.32 Å². The van der Waals surface area contributed by atoms with Crippen molar-refractivity contribution in [2.75, 3.05) is 0 Å². The third kappa shape index (κ3) is 3.62. The summed E-state index contributed by atoms with van der Waals surface area (Å²) in [7, 11) is 0. The lowest BCUT2D eigenvalue weighted by atomic mass is 10.1. The molecule has 1 aromatic heterocycles. The van der Waals surface area contributed by atoms with Gasteiger partial charge in [0, 0.05) is 29.7 Å². The Bertz CT molecular complexity index is 661. The lowest BCUT2D eigenvalue weighted by Gasteiger charge is -2.11. The minimum atomic E-state index is -0.912. The molecule has 1 aromatic carbocycles. The molecule has 112 valence electrons. The van der Waals surface area contributed by atoms with E-state index in [0.717, 1.165) is 23.0 Å². The van der Waals surface area contributed by atoms with Crippen LogP contribution in [0.3, 0.4) is 0 Å². The summed E-state index contributed by atoms with van der Waals surface area (Å²) in [5.41, 5.74) is 2.08. The molecule has 0 bridgehead atoms. The van der Waals surface area contributed by atoms with Gasteiger partial charge in [0.15, 0.2) is 0 Å². The molecular formula is C16H20N2O3. The number of carbonyl (C=O) groups is 2. The lowest BCUT2D eigenvalue weighted by Crippen LogP contribution is -2.35. The molecule has 0 aliphatic rings. The van der Waals surface area contributed by atoms with E-state index < -0.39 is 5.97 Å². The summed E-state index contributed by atoms with van der Waals surface area (Å²) < 4.78 is 2.11. The van der Waals surface area contributed by atoms with Gasteiger partial charge in [-0.2, -0.15) is 0 Å². The first-order valence-corrected chi connectivity index (χ1v) is 7.09. The number of fused-ring (bicyclic) bond motifs is 1. The van der Waals surface area contributed by atoms with E-state index in [9.17, 15) is 9.59 Å². The van der Waals surface area contributed by atoms with E-state index in [2.05, 4.69) is 16.8 Å². The molecule has 1 unspecified atom stereocenters. The monoisotopic (exact) mass is 288 g/mol. The van der Waals surface area contributed by atoms with Crippen LogP contribution in [0.1, 0.15) is 25.8 Å². The average molecular weight is 288 g/mol. The Kier molecular flexibility index (Phi) is 4.62. The summed E-state index contributed by atoms with van der Waals surface area (Å²) in [5, 5.41) is 12.5. The van der Waals surface area contributed by atoms with Crippen LogP contribution >= 0.6 is 0 Å². The number of nitrogens with one attached hydrogen (secondary N) is 1. The highest BCUT2D eigenvalue weighted by Crippen LogP contribution is 2.21. The zero-order valence-corrected chi connectivity index (χ0v) is 12.3. The third-order valence-electron chi connectivity index (χ3n) is 3.45. The number of aryl methyl sites for hydroxylation is 1. The van der Waals surface area contributed by atoms with Crippen LogP contribution in [0.5, 0.6) is 0 Å². The molecule has 2 N–H and O–H groups in total. The fourth-order valence-corrected chi connectivity index (χ4v) is 2.54. The highest BCUT2D eigenvalue weighted by atomic mass is 16.4. The van der Waals surface area contributed by atoms with Crippen LogP contribution in [-0.4, -0.2) is 27.6 Å². The van der Waals surface area contributed by atoms with E-state index in [1.54, 1.807) is 6.92 Å². The first-order valence-electron chi connectivity index (χ1n) is 7.09. The number of aromatic nitrogens is 1. The van der Waals surface area contributed by atoms with Crippen molar-refractivity contribution < 1.29 is 14.7 Å². The Morgan fingerprint density at radius 2 is 2.05 bits per heavy atom. The molecule has 5 heteroatoms. The van der Waals surface area contributed by atoms with Crippen molar-refractivity contribution in [3.63, 3.8) is 0 Å². The van der Waals surface area contributed by atoms with E-state index in [0.29, 0.717) is 0 Å². The molecule has 2 rings (SSSR count). The topological polar surface area (TPSA) is 71.3 Å². The minimum absolute atomic E-state index is 0.0670. The molecular weight excluding hydrogens is 268 g/mol. The Hall–Kier alpha value is -2.30. The van der Waals surface area contributed by atoms with Gasteiger partial charge in [-0.05, 0) is 25.5 Å². The number of carbonyl (C=O) groups excluding carboxylic acids is 1. The van der Waals surface area contributed by atoms with Gasteiger partial charge in [0.1, 0.15) is 0 Å². The minimum Gasteiger partial charge on any atom is -0.481 e. The van der Waals surface area contributed by atoms with E-state index in [-0.39, 0.29) is 24.8 Å². The number of carboxylic acids is 1. The number of hydrogen-bond acceptors (Lipinski definition) is 2. The van der Waals surface area contributed by atoms with Gasteiger partial charge in [-0.25, -0.2) is 0 Å². The predicted molar refractivity (Wildman–Crippen MR) is 81.2 cm³/mol. The van der Waals surface area contributed by atoms with Crippen molar-refractivity contribution in [3.05, 3.63) is 36.0 Å². The summed E-state index contributed by atoms with van der Waals surface area (Å²) in [6, 6.07) is 7.61. The average Bonchev–Trinajstić information content (AvgIpc) is 2.76. The Morgan fingerprint density at radius 3 is 2.71 bits per heavy atom. The number of benzene rings is 1. The summed E-state index contributed by atoms with van der Waals surface area (Å²) in [6.07, 6.45) is 2.19. The second-order valence-corrected chi connectivity index (χ2v) is 5.20. The number of rotatable bonds is 6. The van der Waals surface area contributed by atoms with Crippen LogP contribution in [-0.2, 0) is 22.6 Å². The highest BCUT2D eigenvalue weighted by Gasteiger charge is 2.14. The van der Waals surface area contributed by atoms with Crippen molar-refractivity contribution in [1.82, 2.24) is 9.88 Å². The molecule has 1 heterocycles. The van der Waals surface area contributed by atoms with E-state index in [1.165, 1.54) is 0 Å². The number of aliphatic carboxylic acids is 1. The Morgan fingerprint density at radius 1 is 1.33 bits per heavy atom. The largest absolute Gasteiger partial charge is 0.481 e. The maximum Gasteiger partial charge on any atom is 0.305 e. The van der Waals surface area contributed by atoms with Crippen molar-refractivity contribution in [1.29, 1.82) is 0 Å². The van der Waals surface area contributed by atoms with Crippen LogP contribution in [0.2, 0.25) is 0 Å². The van der Waals surface area contributed by atoms with Gasteiger partial charge in [-0.1, -0.05) is 18.2 Å². The quantitative estimate of drug-likeness (QED) is 0.856. The van der Waals surface area contributed by atoms with Gasteiger partial charge >= 0.3 is 5.97 Å². The van der Waals surface area contributed by atoms with Crippen LogP contribution in [0, 0.1) is 0 Å². The number of amides is 1. The van der Waals surface area contributed by atoms with Gasteiger partial charge in [0.2, 0.25) is 5.91 Å². The maximum absolute atomic E-state index is 12.0. The molecule has 0 saturated carbocycles. The maximum atomic E-state index is 12.0. The van der Waals surface area contributed by atoms with Crippen molar-refractivity contribution in [3.8, 4) is 0 Å². The van der Waals surface area contributed by atoms with Crippen LogP contribution in [0.25, 0.3) is 10.9 Å². The third-order valence-corrected chi connectivity index (χ3v) is 3.45. The summed E-state index contributed by atoms with van der Waals surface area (Å²) in [5.74, 6) is -1.06. The van der Waals surface area contributed by atoms with E-state index in [1.807, 2.05) is 30.5 Å². The molecule has 0 saturated heterocycles. The van der Waals surface area contributed by atoms with E-state index in [4.69, 9.17) is 5.11 Å². The number of nitrogens with zero attached hydrogens (tertiary/aromatic N) is 1. The van der Waals surface area contributed by atoms with Gasteiger partial charge < -0.3 is 15.0 Å². The predicted octanol–water partition coefficient (Wildman–Crippen LogP) is 2.18. The molecule has 0 aliphatic heterocycles. The van der Waals surface area contributed by atoms with Crippen molar-refractivity contribution in [2.45, 2.75) is 39.3 Å². The fourth-order valence-electron chi connectivity index (χ4n) is 2.54. The second-order valence-electron chi connectivity index (χ2n) is 5.20. The summed E-state index contributed by atoms with van der Waals surface area (Å²) in [4.78, 5) is 22.6. The highest BCUT2D eigenvalue weighted by molar-refractivity contribution is 5.89. The molecule has 0 radical (unpaired) electrons. The molecule has 0 fully saturated rings. The number of para-hydroxylation sites is 1. The van der Waals surface area contributed by atoms with Crippen LogP contribution in [0.15, 0.2) is 30.5 Å². The molecule has 0 spiro atoms. The lowest BCUT2D eigenvalue weighted by molar-refractivity contribution is -0.137. The molecule has 1 atom stereocenters. The van der Waals surface area contributed by atoms with Crippen molar-refractivity contribution in [2.24, 2.45) is 0 Å². The fraction of sp³-hybridized carbons (Fsp3) is 0.375. The van der Waals surface area contributed by atoms with E-state index >= 15 is 0 Å². The first kappa shape index (κ1) is 15.1. The molecule has 1 amide bonds. The second kappa shape index (κ2) is 6.43. The zero-order valence-electron chi connectivity index (χ0n) is 12.3. The molecule has 5 nitrogen and oxygen atoms in total. The molecule has 0 aliphatic carbocycles. The van der Waals surface area contributed by atoms with Gasteiger partial charge in [0.25, 0.3) is 0 Å². The summed E-state index contributed by atoms with van der Waals surface area (Å²) in [6.45, 7) is 4.60. The van der Waals surface area contributed by atoms with Crippen molar-refractivity contribution >= 4 is 22.8 Å². The molecule has 2 aromatic rings. The zero-order chi connectivity index (χ0) is 15.4. The SMILES string of the molecule is CCn1cc(CC(=O)NC(C)CC(=O)O)c2ccccc21. The van der Waals surface area contributed by atoms with Crippen LogP contribution in [0.4, 0.5) is 0 Å². The van der Waals surface area contributed by atoms with Gasteiger partial charge in [-0.15, -0.1) is 0 Å². The normalized spacial score (nSPS) is 12.3. The molecule has 21 heavy (non-hydrogen) atoms. The number of carboxylic acid groups (broad SMARTS) is 1. The first-order chi connectivity index (χ1) is 10.0. The standard InChI is InChI=1S/C16H20N2O3/c1-3-18-10-12(13-6-4-5-7-14(13)18)9-15(19)17-11(2)8-16(20)21/h4-7,10-11H,3,8-9H2,1-2H3,(H,17,19)(H,20,21). The van der Waals surface area contributed by atoms with Gasteiger partial charge in [-0.3, -0.25) is 9.59 Å². The van der Waals surface area contributed by atoms with Gasteiger partial charge in [0.05, 0.1) is 12.8 Å². The number of hydrogen-bond donors (Lipinski definition) is 2. The Labute approximate surface area is 123 Å².